The third-order valence-electron chi connectivity index (χ3n) is 5.68. The molecule has 142 valence electrons. The summed E-state index contributed by atoms with van der Waals surface area (Å²) in [6, 6.07) is 20.8. The van der Waals surface area contributed by atoms with Crippen molar-refractivity contribution in [2.24, 2.45) is 5.92 Å². The van der Waals surface area contributed by atoms with Gasteiger partial charge >= 0.3 is 0 Å². The predicted octanol–water partition coefficient (Wildman–Crippen LogP) is 3.50. The normalized spacial score (nSPS) is 20.4. The molecule has 2 atom stereocenters. The van der Waals surface area contributed by atoms with Gasteiger partial charge < -0.3 is 4.43 Å². The third kappa shape index (κ3) is 3.69. The molecule has 2 aromatic rings. The van der Waals surface area contributed by atoms with Gasteiger partial charge in [-0.15, -0.1) is 0 Å². The van der Waals surface area contributed by atoms with E-state index in [2.05, 4.69) is 69.3 Å². The lowest BCUT2D eigenvalue weighted by atomic mass is 10.0. The average molecular weight is 381 g/mol. The van der Waals surface area contributed by atoms with Crippen molar-refractivity contribution in [1.29, 1.82) is 0 Å². The highest BCUT2D eigenvalue weighted by Gasteiger charge is 2.53. The number of Topliss-reactive ketones (excluding diaryl/α,β-unsaturated/α-hetero) is 1. The molecule has 0 bridgehead atoms. The van der Waals surface area contributed by atoms with E-state index in [1.165, 1.54) is 10.4 Å². The molecule has 2 aromatic carbocycles. The largest absolute Gasteiger partial charge is 0.404 e. The molecular weight excluding hydrogens is 352 g/mol. The molecule has 0 spiro atoms. The smallest absolute Gasteiger partial charge is 0.261 e. The molecule has 0 heterocycles. The Morgan fingerprint density at radius 1 is 0.963 bits per heavy atom. The highest BCUT2D eigenvalue weighted by Crippen LogP contribution is 2.41. The maximum Gasteiger partial charge on any atom is 0.261 e. The first kappa shape index (κ1) is 19.7. The first-order chi connectivity index (χ1) is 12.9. The summed E-state index contributed by atoms with van der Waals surface area (Å²) < 4.78 is 7.03. The fourth-order valence-electron chi connectivity index (χ4n) is 4.40. The Labute approximate surface area is 162 Å². The van der Waals surface area contributed by atoms with Gasteiger partial charge in [-0.1, -0.05) is 87.9 Å². The molecule has 2 unspecified atom stereocenters. The fraction of sp³-hybridized carbons (Fsp3) is 0.391. The van der Waals surface area contributed by atoms with Crippen molar-refractivity contribution in [3.05, 3.63) is 60.7 Å². The van der Waals surface area contributed by atoms with E-state index in [9.17, 15) is 9.59 Å². The van der Waals surface area contributed by atoms with Gasteiger partial charge in [0.1, 0.15) is 0 Å². The van der Waals surface area contributed by atoms with Crippen molar-refractivity contribution < 1.29 is 14.0 Å². The van der Waals surface area contributed by atoms with Crippen LogP contribution >= 0.6 is 0 Å². The fourth-order valence-corrected chi connectivity index (χ4v) is 9.15. The molecule has 1 aliphatic carbocycles. The van der Waals surface area contributed by atoms with Crippen LogP contribution in [-0.2, 0) is 14.0 Å². The summed E-state index contributed by atoms with van der Waals surface area (Å²) in [5, 5.41) is 2.27. The first-order valence-corrected chi connectivity index (χ1v) is 11.6. The lowest BCUT2D eigenvalue weighted by Crippen LogP contribution is -2.68. The second kappa shape index (κ2) is 7.91. The van der Waals surface area contributed by atoms with Crippen molar-refractivity contribution in [1.82, 2.24) is 0 Å². The quantitative estimate of drug-likeness (QED) is 0.438. The van der Waals surface area contributed by atoms with Gasteiger partial charge in [-0.25, -0.2) is 0 Å². The zero-order valence-electron chi connectivity index (χ0n) is 16.4. The number of carbonyl (C=O) groups is 2. The minimum atomic E-state index is -2.68. The van der Waals surface area contributed by atoms with Crippen LogP contribution in [0.5, 0.6) is 0 Å². The highest BCUT2D eigenvalue weighted by molar-refractivity contribution is 6.99. The van der Waals surface area contributed by atoms with Crippen LogP contribution in [0.15, 0.2) is 60.7 Å². The molecule has 0 aliphatic heterocycles. The van der Waals surface area contributed by atoms with Gasteiger partial charge in [-0.3, -0.25) is 9.59 Å². The number of hydrogen-bond acceptors (Lipinski definition) is 3. The molecule has 1 saturated carbocycles. The number of ketones is 1. The summed E-state index contributed by atoms with van der Waals surface area (Å²) in [5.74, 6) is -0.639. The van der Waals surface area contributed by atoms with Crippen LogP contribution in [0, 0.1) is 5.92 Å². The summed E-state index contributed by atoms with van der Waals surface area (Å²) in [4.78, 5) is 23.3. The standard InChI is InChI=1S/C23H28O3Si/c1-23(2,3)27(18-11-6-4-7-12-18,19-13-8-5-9-14-19)26-22-16-10-15-20(22)21(25)17-24/h4-9,11-14,17,20,22H,10,15-16H2,1-3H3. The third-order valence-corrected chi connectivity index (χ3v) is 10.7. The Bertz CT molecular complexity index is 741. The topological polar surface area (TPSA) is 43.4 Å². The number of hydrogen-bond donors (Lipinski definition) is 0. The monoisotopic (exact) mass is 380 g/mol. The minimum absolute atomic E-state index is 0.132. The van der Waals surface area contributed by atoms with Crippen LogP contribution < -0.4 is 10.4 Å². The molecule has 0 N–H and O–H groups in total. The molecule has 4 heteroatoms. The van der Waals surface area contributed by atoms with Crippen LogP contribution in [-0.4, -0.2) is 26.5 Å². The summed E-state index contributed by atoms with van der Waals surface area (Å²) in [7, 11) is -2.68. The van der Waals surface area contributed by atoms with Gasteiger partial charge in [0.25, 0.3) is 8.32 Å². The van der Waals surface area contributed by atoms with E-state index in [-0.39, 0.29) is 22.8 Å². The van der Waals surface area contributed by atoms with Crippen molar-refractivity contribution >= 4 is 30.8 Å². The number of rotatable bonds is 6. The van der Waals surface area contributed by atoms with Gasteiger partial charge in [0.2, 0.25) is 5.78 Å². The molecule has 0 aromatic heterocycles. The molecule has 1 aliphatic rings. The number of benzene rings is 2. The van der Waals surface area contributed by atoms with Crippen molar-refractivity contribution in [3.63, 3.8) is 0 Å². The van der Waals surface area contributed by atoms with Gasteiger partial charge in [0.15, 0.2) is 6.29 Å². The van der Waals surface area contributed by atoms with E-state index < -0.39 is 8.32 Å². The average Bonchev–Trinajstić information content (AvgIpc) is 3.14. The van der Waals surface area contributed by atoms with E-state index in [0.29, 0.717) is 6.29 Å². The van der Waals surface area contributed by atoms with Crippen molar-refractivity contribution in [2.45, 2.75) is 51.2 Å². The van der Waals surface area contributed by atoms with Crippen LogP contribution in [0.3, 0.4) is 0 Å². The molecular formula is C23H28O3Si. The van der Waals surface area contributed by atoms with Crippen LogP contribution in [0.1, 0.15) is 40.0 Å². The molecule has 1 fully saturated rings. The molecule has 3 nitrogen and oxygen atoms in total. The molecule has 0 radical (unpaired) electrons. The van der Waals surface area contributed by atoms with Crippen LogP contribution in [0.25, 0.3) is 0 Å². The molecule has 0 saturated heterocycles. The maximum absolute atomic E-state index is 12.2. The summed E-state index contributed by atoms with van der Waals surface area (Å²) in [6.45, 7) is 6.68. The number of carbonyl (C=O) groups excluding carboxylic acids is 2. The maximum atomic E-state index is 12.2. The highest BCUT2D eigenvalue weighted by atomic mass is 28.4. The van der Waals surface area contributed by atoms with Crippen LogP contribution in [0.4, 0.5) is 0 Å². The zero-order valence-corrected chi connectivity index (χ0v) is 17.4. The van der Waals surface area contributed by atoms with Crippen molar-refractivity contribution in [3.8, 4) is 0 Å². The zero-order chi connectivity index (χ0) is 19.5. The van der Waals surface area contributed by atoms with E-state index in [1.807, 2.05) is 12.1 Å². The van der Waals surface area contributed by atoms with Gasteiger partial charge in [-0.05, 0) is 28.3 Å². The number of aldehydes is 1. The second-order valence-corrected chi connectivity index (χ2v) is 12.6. The molecule has 3 rings (SSSR count). The Morgan fingerprint density at radius 2 is 1.48 bits per heavy atom. The molecule has 27 heavy (non-hydrogen) atoms. The van der Waals surface area contributed by atoms with E-state index in [1.54, 1.807) is 0 Å². The summed E-state index contributed by atoms with van der Waals surface area (Å²) in [5.41, 5.74) is 0. The lowest BCUT2D eigenvalue weighted by Gasteiger charge is -2.45. The SMILES string of the molecule is CC(C)(C)[Si](OC1CCCC1C(=O)C=O)(c1ccccc1)c1ccccc1. The summed E-state index contributed by atoms with van der Waals surface area (Å²) in [6.07, 6.45) is 2.76. The lowest BCUT2D eigenvalue weighted by molar-refractivity contribution is -0.134. The van der Waals surface area contributed by atoms with E-state index in [4.69, 9.17) is 4.43 Å². The van der Waals surface area contributed by atoms with Gasteiger partial charge in [0.05, 0.1) is 12.0 Å². The Balaban J connectivity index is 2.15. The Kier molecular flexibility index (Phi) is 5.77. The van der Waals surface area contributed by atoms with E-state index in [0.717, 1.165) is 19.3 Å². The Morgan fingerprint density at radius 3 is 1.93 bits per heavy atom. The van der Waals surface area contributed by atoms with Gasteiger partial charge in [-0.2, -0.15) is 0 Å². The van der Waals surface area contributed by atoms with Crippen molar-refractivity contribution in [2.75, 3.05) is 0 Å². The van der Waals surface area contributed by atoms with Gasteiger partial charge in [0, 0.05) is 0 Å². The molecule has 0 amide bonds. The summed E-state index contributed by atoms with van der Waals surface area (Å²) >= 11 is 0. The Hall–Kier alpha value is -2.04. The van der Waals surface area contributed by atoms with Crippen LogP contribution in [0.2, 0.25) is 5.04 Å². The predicted molar refractivity (Wildman–Crippen MR) is 111 cm³/mol. The second-order valence-electron chi connectivity index (χ2n) is 8.38. The minimum Gasteiger partial charge on any atom is -0.404 e. The first-order valence-electron chi connectivity index (χ1n) is 9.68. The van der Waals surface area contributed by atoms with E-state index >= 15 is 0 Å².